The van der Waals surface area contributed by atoms with E-state index in [-0.39, 0.29) is 0 Å². The van der Waals surface area contributed by atoms with Crippen molar-refractivity contribution in [1.29, 1.82) is 0 Å². The van der Waals surface area contributed by atoms with Crippen molar-refractivity contribution in [2.45, 2.75) is 33.1 Å². The summed E-state index contributed by atoms with van der Waals surface area (Å²) < 4.78 is 0. The third-order valence-corrected chi connectivity index (χ3v) is 0.951. The van der Waals surface area contributed by atoms with E-state index in [9.17, 15) is 0 Å². The molecule has 52 valence electrons. The average molecular weight is 126 g/mol. The first-order valence-corrected chi connectivity index (χ1v) is 3.41. The molecule has 0 aromatic carbocycles. The Morgan fingerprint density at radius 2 is 2.11 bits per heavy atom. The fourth-order valence-electron chi connectivity index (χ4n) is 0.467. The second kappa shape index (κ2) is 7.34. The molecule has 0 saturated heterocycles. The first-order chi connectivity index (χ1) is 4.41. The second-order valence-corrected chi connectivity index (χ2v) is 1.81. The summed E-state index contributed by atoms with van der Waals surface area (Å²) in [4.78, 5) is 0. The maximum absolute atomic E-state index is 3.77. The number of hydrogen-bond donors (Lipinski definition) is 0. The highest BCUT2D eigenvalue weighted by Crippen LogP contribution is 1.89. The zero-order chi connectivity index (χ0) is 6.95. The first-order valence-electron chi connectivity index (χ1n) is 3.41. The van der Waals surface area contributed by atoms with Crippen molar-refractivity contribution in [3.05, 3.63) is 0 Å². The van der Waals surface area contributed by atoms with Gasteiger partial charge in [0.05, 0.1) is 0 Å². The Kier molecular flexibility index (Phi) is 6.80. The van der Waals surface area contributed by atoms with Crippen LogP contribution >= 0.6 is 0 Å². The predicted octanol–water partition coefficient (Wildman–Crippen LogP) is 2.25. The summed E-state index contributed by atoms with van der Waals surface area (Å²) in [6, 6.07) is 0. The van der Waals surface area contributed by atoms with Crippen LogP contribution in [0.3, 0.4) is 0 Å². The molecule has 0 aliphatic carbocycles. The molecule has 0 aromatic rings. The van der Waals surface area contributed by atoms with Crippen molar-refractivity contribution in [3.63, 3.8) is 0 Å². The SMILES string of the molecule is C/C=N\N=C/CCCC. The van der Waals surface area contributed by atoms with E-state index in [0.29, 0.717) is 0 Å². The molecule has 0 spiro atoms. The molecule has 0 N–H and O–H groups in total. The molecule has 0 radical (unpaired) electrons. The van der Waals surface area contributed by atoms with Crippen LogP contribution in [-0.2, 0) is 0 Å². The molecular weight excluding hydrogens is 112 g/mol. The molecule has 0 saturated carbocycles. The maximum Gasteiger partial charge on any atom is 0.0270 e. The largest absolute Gasteiger partial charge is 0.164 e. The summed E-state index contributed by atoms with van der Waals surface area (Å²) in [5, 5.41) is 7.46. The molecule has 0 aromatic heterocycles. The smallest absolute Gasteiger partial charge is 0.0270 e. The Bertz CT molecular complexity index is 95.1. The van der Waals surface area contributed by atoms with E-state index >= 15 is 0 Å². The van der Waals surface area contributed by atoms with Gasteiger partial charge in [0.25, 0.3) is 0 Å². The van der Waals surface area contributed by atoms with Crippen LogP contribution in [0.1, 0.15) is 33.1 Å². The molecule has 2 nitrogen and oxygen atoms in total. The third kappa shape index (κ3) is 7.34. The molecule has 0 amide bonds. The maximum atomic E-state index is 3.77. The van der Waals surface area contributed by atoms with E-state index in [2.05, 4.69) is 17.1 Å². The van der Waals surface area contributed by atoms with Crippen LogP contribution in [0, 0.1) is 0 Å². The minimum absolute atomic E-state index is 1.05. The van der Waals surface area contributed by atoms with Crippen LogP contribution in [0.5, 0.6) is 0 Å². The van der Waals surface area contributed by atoms with Gasteiger partial charge in [-0.1, -0.05) is 13.3 Å². The minimum atomic E-state index is 1.05. The van der Waals surface area contributed by atoms with Gasteiger partial charge in [-0.05, 0) is 19.8 Å². The third-order valence-electron chi connectivity index (χ3n) is 0.951. The van der Waals surface area contributed by atoms with Crippen molar-refractivity contribution in [2.24, 2.45) is 10.2 Å². The molecule has 0 bridgehead atoms. The van der Waals surface area contributed by atoms with Gasteiger partial charge in [-0.25, -0.2) is 0 Å². The Labute approximate surface area is 56.7 Å². The number of nitrogens with zero attached hydrogens (tertiary/aromatic N) is 2. The quantitative estimate of drug-likeness (QED) is 0.313. The van der Waals surface area contributed by atoms with Gasteiger partial charge in [-0.2, -0.15) is 10.2 Å². The standard InChI is InChI=1S/C7H14N2/c1-3-5-6-7-9-8-4-2/h4,7H,3,5-6H2,1-2H3/b8-4-,9-7-. The Morgan fingerprint density at radius 1 is 1.33 bits per heavy atom. The molecule has 0 aliphatic heterocycles. The Morgan fingerprint density at radius 3 is 2.67 bits per heavy atom. The van der Waals surface area contributed by atoms with E-state index in [0.717, 1.165) is 6.42 Å². The summed E-state index contributed by atoms with van der Waals surface area (Å²) in [6.07, 6.45) is 7.02. The molecule has 0 unspecified atom stereocenters. The zero-order valence-corrected chi connectivity index (χ0v) is 6.17. The highest BCUT2D eigenvalue weighted by atomic mass is 15.2. The van der Waals surface area contributed by atoms with Crippen LogP contribution in [0.2, 0.25) is 0 Å². The van der Waals surface area contributed by atoms with Gasteiger partial charge < -0.3 is 0 Å². The minimum Gasteiger partial charge on any atom is -0.164 e. The number of hydrogen-bond acceptors (Lipinski definition) is 2. The molecule has 9 heavy (non-hydrogen) atoms. The summed E-state index contributed by atoms with van der Waals surface area (Å²) in [6.45, 7) is 4.02. The van der Waals surface area contributed by atoms with Crippen molar-refractivity contribution in [1.82, 2.24) is 0 Å². The van der Waals surface area contributed by atoms with Crippen LogP contribution in [0.25, 0.3) is 0 Å². The Balaban J connectivity index is 3.04. The van der Waals surface area contributed by atoms with E-state index in [4.69, 9.17) is 0 Å². The van der Waals surface area contributed by atoms with Gasteiger partial charge in [-0.3, -0.25) is 0 Å². The molecule has 2 heteroatoms. The molecule has 0 fully saturated rings. The summed E-state index contributed by atoms with van der Waals surface area (Å²) in [5.41, 5.74) is 0. The first kappa shape index (κ1) is 8.34. The van der Waals surface area contributed by atoms with Crippen LogP contribution < -0.4 is 0 Å². The zero-order valence-electron chi connectivity index (χ0n) is 6.17. The van der Waals surface area contributed by atoms with Crippen molar-refractivity contribution in [3.8, 4) is 0 Å². The van der Waals surface area contributed by atoms with Gasteiger partial charge in [0.1, 0.15) is 0 Å². The Hall–Kier alpha value is -0.660. The lowest BCUT2D eigenvalue weighted by Gasteiger charge is -1.83. The lowest BCUT2D eigenvalue weighted by molar-refractivity contribution is 0.841. The molecule has 0 rings (SSSR count). The molecule has 0 heterocycles. The van der Waals surface area contributed by atoms with Crippen LogP contribution in [0.4, 0.5) is 0 Å². The van der Waals surface area contributed by atoms with Gasteiger partial charge in [0.2, 0.25) is 0 Å². The van der Waals surface area contributed by atoms with Crippen molar-refractivity contribution in [2.75, 3.05) is 0 Å². The van der Waals surface area contributed by atoms with Crippen LogP contribution in [0.15, 0.2) is 10.2 Å². The fraction of sp³-hybridized carbons (Fsp3) is 0.714. The normalized spacial score (nSPS) is 11.8. The van der Waals surface area contributed by atoms with Gasteiger partial charge >= 0.3 is 0 Å². The summed E-state index contributed by atoms with van der Waals surface area (Å²) in [7, 11) is 0. The molecular formula is C7H14N2. The monoisotopic (exact) mass is 126 g/mol. The van der Waals surface area contributed by atoms with E-state index in [1.165, 1.54) is 12.8 Å². The molecule has 0 aliphatic rings. The second-order valence-electron chi connectivity index (χ2n) is 1.81. The van der Waals surface area contributed by atoms with E-state index < -0.39 is 0 Å². The van der Waals surface area contributed by atoms with Gasteiger partial charge in [0, 0.05) is 12.4 Å². The van der Waals surface area contributed by atoms with Crippen LogP contribution in [-0.4, -0.2) is 12.4 Å². The topological polar surface area (TPSA) is 24.7 Å². The van der Waals surface area contributed by atoms with Crippen molar-refractivity contribution >= 4 is 12.4 Å². The lowest BCUT2D eigenvalue weighted by atomic mass is 10.3. The number of unbranched alkanes of at least 4 members (excludes halogenated alkanes) is 2. The van der Waals surface area contributed by atoms with Gasteiger partial charge in [-0.15, -0.1) is 0 Å². The van der Waals surface area contributed by atoms with E-state index in [1.807, 2.05) is 13.1 Å². The average Bonchev–Trinajstić information content (AvgIpc) is 1.89. The summed E-state index contributed by atoms with van der Waals surface area (Å²) in [5.74, 6) is 0. The lowest BCUT2D eigenvalue weighted by Crippen LogP contribution is -1.73. The number of rotatable bonds is 4. The summed E-state index contributed by atoms with van der Waals surface area (Å²) >= 11 is 0. The van der Waals surface area contributed by atoms with Gasteiger partial charge in [0.15, 0.2) is 0 Å². The predicted molar refractivity (Wildman–Crippen MR) is 42.2 cm³/mol. The molecule has 0 atom stereocenters. The highest BCUT2D eigenvalue weighted by Gasteiger charge is 1.75. The van der Waals surface area contributed by atoms with E-state index in [1.54, 1.807) is 6.21 Å². The highest BCUT2D eigenvalue weighted by molar-refractivity contribution is 5.59. The fourth-order valence-corrected chi connectivity index (χ4v) is 0.467. The van der Waals surface area contributed by atoms with Crippen molar-refractivity contribution < 1.29 is 0 Å².